The fourth-order valence-electron chi connectivity index (χ4n) is 10.7. The number of hydrazine groups is 1. The van der Waals surface area contributed by atoms with E-state index in [1.54, 1.807) is 20.4 Å². The molecule has 362 valence electrons. The number of urea groups is 1. The van der Waals surface area contributed by atoms with Gasteiger partial charge in [-0.25, -0.2) is 14.6 Å². The normalized spacial score (nSPS) is 23.3. The Balaban J connectivity index is 1.15. The lowest BCUT2D eigenvalue weighted by molar-refractivity contribution is -0.189. The molecule has 4 aliphatic rings. The van der Waals surface area contributed by atoms with Crippen molar-refractivity contribution in [3.8, 4) is 22.5 Å². The molecule has 3 fully saturated rings. The van der Waals surface area contributed by atoms with Crippen LogP contribution >= 0.6 is 11.3 Å². The number of nitrogens with one attached hydrogen (secondary N) is 2. The van der Waals surface area contributed by atoms with Crippen molar-refractivity contribution in [3.05, 3.63) is 58.2 Å². The van der Waals surface area contributed by atoms with E-state index in [4.69, 9.17) is 19.4 Å². The number of hydrogen-bond donors (Lipinski definition) is 3. The molecule has 4 amide bonds. The van der Waals surface area contributed by atoms with Crippen LogP contribution in [0.5, 0.6) is 0 Å². The molecule has 3 N–H and O–H groups in total. The lowest BCUT2D eigenvalue weighted by Crippen LogP contribution is -2.67. The van der Waals surface area contributed by atoms with Crippen molar-refractivity contribution < 1.29 is 33.8 Å². The van der Waals surface area contributed by atoms with Crippen LogP contribution in [0.1, 0.15) is 96.0 Å². The van der Waals surface area contributed by atoms with Crippen LogP contribution in [0.25, 0.3) is 33.4 Å². The van der Waals surface area contributed by atoms with Crippen molar-refractivity contribution in [2.45, 2.75) is 117 Å². The number of amides is 4. The monoisotopic (exact) mass is 940 g/mol. The van der Waals surface area contributed by atoms with Gasteiger partial charge < -0.3 is 39.2 Å². The number of likely N-dealkylation sites (N-methyl/N-ethyl adjacent to an activating group) is 1. The SMILES string of the molecule is CCn1c(-c2cccnc2[C@H](C)OC)c2c3cc(ccc31)-c1csc(n1)C[C@H](NC(=O)[C@H](C(C)C)N(C)C(=O)N1CCC3(CCN(C)CC3)C1)C(=O)N1CCC[C@@](O)(N1)C(=O)OCC(C)(C)C2. The number of pyridine rings is 1. The number of benzene rings is 1. The van der Waals surface area contributed by atoms with E-state index in [-0.39, 0.29) is 49.5 Å². The van der Waals surface area contributed by atoms with E-state index < -0.39 is 41.0 Å². The molecule has 3 saturated heterocycles. The predicted molar refractivity (Wildman–Crippen MR) is 258 cm³/mol. The zero-order chi connectivity index (χ0) is 48.0. The van der Waals surface area contributed by atoms with E-state index in [1.165, 1.54) is 21.2 Å². The molecule has 1 aromatic carbocycles. The van der Waals surface area contributed by atoms with Gasteiger partial charge in [-0.3, -0.25) is 19.6 Å². The maximum absolute atomic E-state index is 14.7. The number of hydrogen-bond acceptors (Lipinski definition) is 12. The molecular formula is C50H69N9O7S. The molecule has 17 heteroatoms. The predicted octanol–water partition coefficient (Wildman–Crippen LogP) is 6.02. The van der Waals surface area contributed by atoms with Crippen LogP contribution in [0.15, 0.2) is 41.9 Å². The highest BCUT2D eigenvalue weighted by Gasteiger charge is 2.47. The number of cyclic esters (lactones) is 1. The van der Waals surface area contributed by atoms with Crippen molar-refractivity contribution in [2.75, 3.05) is 60.5 Å². The fraction of sp³-hybridized carbons (Fsp3) is 0.600. The molecule has 67 heavy (non-hydrogen) atoms. The summed E-state index contributed by atoms with van der Waals surface area (Å²) in [5.74, 6) is -2.20. The molecule has 8 rings (SSSR count). The standard InChI is InChI=1S/C50H69N9O7S/c1-10-58-39-15-14-33-25-35(39)36(43(58)34-13-11-20-51-41(34)32(4)65-9)27-48(5,6)30-66-46(62)50(64)16-12-21-59(54-50)45(61)37(26-40-52-38(33)28-67-40)53-44(60)42(31(2)3)56(8)47(63)57-24-19-49(29-57)17-22-55(7)23-18-49/h11,13-15,20,25,28,31-32,37,42,54,64H,10,12,16-19,21-24,26-27,29-30H2,1-9H3,(H,53,60)/t32-,37-,42-,50-/m0/s1. The quantitative estimate of drug-likeness (QED) is 0.177. The van der Waals surface area contributed by atoms with E-state index in [2.05, 4.69) is 58.4 Å². The van der Waals surface area contributed by atoms with Gasteiger partial charge in [0.25, 0.3) is 5.91 Å². The third kappa shape index (κ3) is 9.72. The summed E-state index contributed by atoms with van der Waals surface area (Å²) in [6, 6.07) is 8.08. The van der Waals surface area contributed by atoms with Gasteiger partial charge in [-0.1, -0.05) is 33.8 Å². The van der Waals surface area contributed by atoms with Crippen LogP contribution in [0.4, 0.5) is 4.79 Å². The summed E-state index contributed by atoms with van der Waals surface area (Å²) in [6.45, 7) is 16.1. The van der Waals surface area contributed by atoms with E-state index in [1.807, 2.05) is 51.0 Å². The summed E-state index contributed by atoms with van der Waals surface area (Å²) in [5, 5.41) is 19.7. The number of fused-ring (bicyclic) bond motifs is 6. The third-order valence-corrected chi connectivity index (χ3v) is 15.5. The first-order chi connectivity index (χ1) is 31.9. The minimum atomic E-state index is -2.20. The van der Waals surface area contributed by atoms with E-state index in [9.17, 15) is 24.3 Å². The average Bonchev–Trinajstić information content (AvgIpc) is 4.03. The molecule has 3 aromatic heterocycles. The van der Waals surface area contributed by atoms with Crippen molar-refractivity contribution in [1.82, 2.24) is 45.0 Å². The number of ether oxygens (including phenoxy) is 2. The Labute approximate surface area is 398 Å². The van der Waals surface area contributed by atoms with Gasteiger partial charge in [0.2, 0.25) is 11.6 Å². The van der Waals surface area contributed by atoms with Gasteiger partial charge in [-0.05, 0) is 107 Å². The fourth-order valence-corrected chi connectivity index (χ4v) is 11.6. The number of piperidine rings is 1. The second-order valence-electron chi connectivity index (χ2n) is 20.5. The van der Waals surface area contributed by atoms with Gasteiger partial charge in [0, 0.05) is 92.2 Å². The van der Waals surface area contributed by atoms with Gasteiger partial charge in [0.15, 0.2) is 0 Å². The third-order valence-electron chi connectivity index (χ3n) is 14.6. The summed E-state index contributed by atoms with van der Waals surface area (Å²) >= 11 is 1.39. The number of carbonyl (C=O) groups excluding carboxylic acids is 4. The first-order valence-corrected chi connectivity index (χ1v) is 24.8. The van der Waals surface area contributed by atoms with Crippen molar-refractivity contribution >= 4 is 46.1 Å². The maximum Gasteiger partial charge on any atom is 0.355 e. The lowest BCUT2D eigenvalue weighted by Gasteiger charge is -2.40. The van der Waals surface area contributed by atoms with E-state index >= 15 is 0 Å². The largest absolute Gasteiger partial charge is 0.462 e. The van der Waals surface area contributed by atoms with Crippen LogP contribution in [0.3, 0.4) is 0 Å². The number of likely N-dealkylation sites (tertiary alicyclic amines) is 2. The smallest absolute Gasteiger partial charge is 0.355 e. The average molecular weight is 940 g/mol. The zero-order valence-electron chi connectivity index (χ0n) is 40.7. The van der Waals surface area contributed by atoms with Gasteiger partial charge >= 0.3 is 12.0 Å². The molecular weight excluding hydrogens is 871 g/mol. The minimum Gasteiger partial charge on any atom is -0.462 e. The van der Waals surface area contributed by atoms with E-state index in [0.717, 1.165) is 77.0 Å². The number of aliphatic hydroxyl groups is 1. The minimum absolute atomic E-state index is 0.0120. The van der Waals surface area contributed by atoms with Crippen molar-refractivity contribution in [2.24, 2.45) is 16.7 Å². The number of aromatic nitrogens is 3. The number of nitrogens with zero attached hydrogens (tertiary/aromatic N) is 7. The molecule has 4 aromatic rings. The number of methoxy groups -OCH3 is 1. The molecule has 4 atom stereocenters. The number of aryl methyl sites for hydroxylation is 1. The molecule has 6 bridgehead atoms. The van der Waals surface area contributed by atoms with Crippen molar-refractivity contribution in [1.29, 1.82) is 0 Å². The first-order valence-electron chi connectivity index (χ1n) is 23.9. The Morgan fingerprint density at radius 1 is 1.09 bits per heavy atom. The Morgan fingerprint density at radius 3 is 2.55 bits per heavy atom. The summed E-state index contributed by atoms with van der Waals surface area (Å²) in [6.07, 6.45) is 5.35. The first kappa shape index (κ1) is 48.5. The van der Waals surface area contributed by atoms with Gasteiger partial charge in [0.05, 0.1) is 34.8 Å². The summed E-state index contributed by atoms with van der Waals surface area (Å²) < 4.78 is 14.1. The number of carbonyl (C=O) groups is 4. The maximum atomic E-state index is 14.7. The topological polar surface area (TPSA) is 175 Å². The Hall–Kier alpha value is -4.94. The molecule has 4 aliphatic heterocycles. The summed E-state index contributed by atoms with van der Waals surface area (Å²) in [5.41, 5.74) is 6.53. The molecule has 0 aliphatic carbocycles. The molecule has 0 unspecified atom stereocenters. The van der Waals surface area contributed by atoms with Crippen LogP contribution in [0, 0.1) is 16.7 Å². The molecule has 0 radical (unpaired) electrons. The highest BCUT2D eigenvalue weighted by atomic mass is 32.1. The Morgan fingerprint density at radius 2 is 1.84 bits per heavy atom. The summed E-state index contributed by atoms with van der Waals surface area (Å²) in [4.78, 5) is 73.1. The van der Waals surface area contributed by atoms with Crippen molar-refractivity contribution in [3.63, 3.8) is 0 Å². The number of esters is 1. The second-order valence-corrected chi connectivity index (χ2v) is 21.5. The van der Waals surface area contributed by atoms with E-state index in [0.29, 0.717) is 37.5 Å². The second kappa shape index (κ2) is 19.2. The molecule has 16 nitrogen and oxygen atoms in total. The number of rotatable bonds is 8. The van der Waals surface area contributed by atoms with Crippen LogP contribution in [-0.4, -0.2) is 142 Å². The highest BCUT2D eigenvalue weighted by Crippen LogP contribution is 2.43. The van der Waals surface area contributed by atoms with Gasteiger partial charge in [-0.2, -0.15) is 5.43 Å². The van der Waals surface area contributed by atoms with Gasteiger partial charge in [-0.15, -0.1) is 11.3 Å². The molecule has 7 heterocycles. The van der Waals surface area contributed by atoms with Gasteiger partial charge in [0.1, 0.15) is 12.1 Å². The highest BCUT2D eigenvalue weighted by molar-refractivity contribution is 7.10. The molecule has 0 saturated carbocycles. The van der Waals surface area contributed by atoms with Crippen LogP contribution in [-0.2, 0) is 43.2 Å². The zero-order valence-corrected chi connectivity index (χ0v) is 41.5. The van der Waals surface area contributed by atoms with Crippen LogP contribution < -0.4 is 10.7 Å². The lowest BCUT2D eigenvalue weighted by atomic mass is 9.78. The van der Waals surface area contributed by atoms with Crippen LogP contribution in [0.2, 0.25) is 0 Å². The Bertz CT molecular complexity index is 2490. The molecule has 1 spiro atoms. The Kier molecular flexibility index (Phi) is 13.9. The number of thiazole rings is 1. The summed E-state index contributed by atoms with van der Waals surface area (Å²) in [7, 11) is 5.47.